The van der Waals surface area contributed by atoms with Gasteiger partial charge in [0.25, 0.3) is 0 Å². The quantitative estimate of drug-likeness (QED) is 0.213. The molecule has 0 unspecified atom stereocenters. The third-order valence-corrected chi connectivity index (χ3v) is 10.2. The number of halogens is 1. The third kappa shape index (κ3) is 3.28. The van der Waals surface area contributed by atoms with Crippen LogP contribution in [0.15, 0.2) is 72.9 Å². The molecule has 0 aliphatic carbocycles. The molecule has 0 saturated heterocycles. The van der Waals surface area contributed by atoms with Crippen molar-refractivity contribution >= 4 is 50.0 Å². The van der Waals surface area contributed by atoms with E-state index in [0.29, 0.717) is 10.9 Å². The van der Waals surface area contributed by atoms with Crippen LogP contribution >= 0.6 is 0 Å². The van der Waals surface area contributed by atoms with Gasteiger partial charge in [-0.25, -0.2) is 0 Å². The van der Waals surface area contributed by atoms with Gasteiger partial charge in [0.1, 0.15) is 0 Å². The fraction of sp³-hybridized carbons (Fsp3) is 0.111. The molecular weight excluding hydrogens is 444 g/mol. The first-order valence-electron chi connectivity index (χ1n) is 10.3. The van der Waals surface area contributed by atoms with E-state index < -0.39 is 13.3 Å². The Kier molecular flexibility index (Phi) is 4.57. The normalized spacial score (nSPS) is 11.8. The van der Waals surface area contributed by atoms with Gasteiger partial charge < -0.3 is 0 Å². The first-order valence-corrected chi connectivity index (χ1v) is 17.7. The number of nitriles is 1. The van der Waals surface area contributed by atoms with Crippen LogP contribution in [0.2, 0.25) is 17.3 Å². The standard InChI is InChI=1S/C27H21FGeN2/c1-29(2,3)20-14-25-22-10-11-31-27(24(22)9-8-23(25)26(28)15-20)18-12-17-6-4-5-7-21(17)19(13-18)16-30/h4-15H,1-3H3. The predicted molar refractivity (Wildman–Crippen MR) is 130 cm³/mol. The van der Waals surface area contributed by atoms with Gasteiger partial charge in [-0.3, -0.25) is 0 Å². The molecule has 1 aromatic heterocycles. The van der Waals surface area contributed by atoms with E-state index in [1.54, 1.807) is 12.3 Å². The van der Waals surface area contributed by atoms with Crippen LogP contribution in [0.5, 0.6) is 0 Å². The van der Waals surface area contributed by atoms with Gasteiger partial charge in [-0.15, -0.1) is 0 Å². The van der Waals surface area contributed by atoms with Gasteiger partial charge >= 0.3 is 184 Å². The van der Waals surface area contributed by atoms with Crippen molar-refractivity contribution in [3.63, 3.8) is 0 Å². The molecule has 31 heavy (non-hydrogen) atoms. The summed E-state index contributed by atoms with van der Waals surface area (Å²) < 4.78 is 16.1. The van der Waals surface area contributed by atoms with Crippen molar-refractivity contribution in [2.24, 2.45) is 0 Å². The molecule has 0 radical (unpaired) electrons. The van der Waals surface area contributed by atoms with E-state index in [0.717, 1.165) is 42.6 Å². The van der Waals surface area contributed by atoms with Crippen molar-refractivity contribution in [1.29, 1.82) is 5.26 Å². The van der Waals surface area contributed by atoms with E-state index in [1.165, 1.54) is 0 Å². The van der Waals surface area contributed by atoms with Gasteiger partial charge in [0.05, 0.1) is 0 Å². The Hall–Kier alpha value is -3.23. The Bertz CT molecular complexity index is 1540. The van der Waals surface area contributed by atoms with Gasteiger partial charge in [0, 0.05) is 0 Å². The Morgan fingerprint density at radius 2 is 1.58 bits per heavy atom. The number of rotatable bonds is 2. The number of fused-ring (bicyclic) bond motifs is 4. The van der Waals surface area contributed by atoms with E-state index in [4.69, 9.17) is 0 Å². The molecule has 4 aromatic carbocycles. The minimum absolute atomic E-state index is 0.161. The molecule has 1 heterocycles. The number of aromatic nitrogens is 1. The molecule has 150 valence electrons. The van der Waals surface area contributed by atoms with E-state index in [2.05, 4.69) is 40.5 Å². The molecule has 5 rings (SSSR count). The van der Waals surface area contributed by atoms with Crippen molar-refractivity contribution in [1.82, 2.24) is 4.98 Å². The second kappa shape index (κ2) is 7.18. The molecule has 5 aromatic rings. The molecule has 0 spiro atoms. The van der Waals surface area contributed by atoms with Gasteiger partial charge in [-0.05, 0) is 0 Å². The second-order valence-electron chi connectivity index (χ2n) is 8.98. The van der Waals surface area contributed by atoms with Crippen molar-refractivity contribution < 1.29 is 4.39 Å². The molecule has 0 fully saturated rings. The summed E-state index contributed by atoms with van der Waals surface area (Å²) in [5.41, 5.74) is 2.33. The number of benzene rings is 4. The first-order chi connectivity index (χ1) is 14.9. The molecular formula is C27H21FGeN2. The number of pyridine rings is 1. The zero-order chi connectivity index (χ0) is 21.8. The van der Waals surface area contributed by atoms with Gasteiger partial charge in [-0.2, -0.15) is 0 Å². The summed E-state index contributed by atoms with van der Waals surface area (Å²) in [6, 6.07) is 23.8. The molecule has 0 N–H and O–H groups in total. The summed E-state index contributed by atoms with van der Waals surface area (Å²) in [5, 5.41) is 15.1. The van der Waals surface area contributed by atoms with Crippen LogP contribution in [0, 0.1) is 17.1 Å². The maximum atomic E-state index is 15.0. The Morgan fingerprint density at radius 3 is 2.35 bits per heavy atom. The average molecular weight is 465 g/mol. The van der Waals surface area contributed by atoms with E-state index in [1.807, 2.05) is 48.5 Å². The minimum atomic E-state index is -2.21. The summed E-state index contributed by atoms with van der Waals surface area (Å²) in [5.74, 6) is 6.66. The molecule has 0 aliphatic heterocycles. The zero-order valence-corrected chi connectivity index (χ0v) is 19.8. The van der Waals surface area contributed by atoms with E-state index in [-0.39, 0.29) is 5.82 Å². The van der Waals surface area contributed by atoms with Crippen LogP contribution in [0.25, 0.3) is 43.6 Å². The van der Waals surface area contributed by atoms with Gasteiger partial charge in [0.2, 0.25) is 0 Å². The van der Waals surface area contributed by atoms with E-state index in [9.17, 15) is 9.65 Å². The predicted octanol–water partition coefficient (Wildman–Crippen LogP) is 6.76. The Morgan fingerprint density at radius 1 is 0.806 bits per heavy atom. The van der Waals surface area contributed by atoms with Crippen LogP contribution in [-0.4, -0.2) is 18.3 Å². The van der Waals surface area contributed by atoms with Crippen LogP contribution in [-0.2, 0) is 0 Å². The molecule has 0 saturated carbocycles. The number of hydrogen-bond donors (Lipinski definition) is 0. The van der Waals surface area contributed by atoms with E-state index >= 15 is 0 Å². The molecule has 0 atom stereocenters. The molecule has 0 amide bonds. The van der Waals surface area contributed by atoms with Gasteiger partial charge in [0.15, 0.2) is 0 Å². The topological polar surface area (TPSA) is 36.7 Å². The number of nitrogens with zero attached hydrogens (tertiary/aromatic N) is 2. The third-order valence-electron chi connectivity index (χ3n) is 5.95. The van der Waals surface area contributed by atoms with Crippen LogP contribution in [0.4, 0.5) is 4.39 Å². The summed E-state index contributed by atoms with van der Waals surface area (Å²) in [6.45, 7) is 0. The fourth-order valence-electron chi connectivity index (χ4n) is 4.26. The van der Waals surface area contributed by atoms with Crippen molar-refractivity contribution in [2.45, 2.75) is 17.3 Å². The monoisotopic (exact) mass is 466 g/mol. The summed E-state index contributed by atoms with van der Waals surface area (Å²) in [4.78, 5) is 4.67. The molecule has 0 bridgehead atoms. The first kappa shape index (κ1) is 19.7. The SMILES string of the molecule is [CH3][Ge]([CH3])([CH3])[c]1cc(F)c2ccc3c(-c4cc(C#N)c5ccccc5c4)nccc3c2c1. The van der Waals surface area contributed by atoms with Crippen molar-refractivity contribution in [3.8, 4) is 17.3 Å². The molecule has 2 nitrogen and oxygen atoms in total. The average Bonchev–Trinajstić information content (AvgIpc) is 2.77. The van der Waals surface area contributed by atoms with Crippen molar-refractivity contribution in [3.05, 3.63) is 84.3 Å². The Balaban J connectivity index is 1.84. The molecule has 4 heteroatoms. The second-order valence-corrected chi connectivity index (χ2v) is 19.6. The fourth-order valence-corrected chi connectivity index (χ4v) is 6.64. The molecule has 0 aliphatic rings. The van der Waals surface area contributed by atoms with Crippen molar-refractivity contribution in [2.75, 3.05) is 0 Å². The maximum absolute atomic E-state index is 15.0. The number of hydrogen-bond acceptors (Lipinski definition) is 2. The zero-order valence-electron chi connectivity index (χ0n) is 17.7. The summed E-state index contributed by atoms with van der Waals surface area (Å²) in [6.07, 6.45) is 1.78. The summed E-state index contributed by atoms with van der Waals surface area (Å²) in [7, 11) is 0. The van der Waals surface area contributed by atoms with Gasteiger partial charge in [-0.1, -0.05) is 0 Å². The van der Waals surface area contributed by atoms with Crippen LogP contribution in [0.1, 0.15) is 5.56 Å². The van der Waals surface area contributed by atoms with Crippen LogP contribution in [0.3, 0.4) is 0 Å². The Labute approximate surface area is 183 Å². The summed E-state index contributed by atoms with van der Waals surface area (Å²) >= 11 is -2.21. The van der Waals surface area contributed by atoms with Crippen LogP contribution < -0.4 is 4.40 Å².